The Morgan fingerprint density at radius 3 is 2.59 bits per heavy atom. The van der Waals surface area contributed by atoms with Crippen LogP contribution in [0.3, 0.4) is 0 Å². The molecule has 9 heteroatoms. The molecule has 9 atom stereocenters. The SMILES string of the molecule is CCCC(=O)OC1CCC(C)=CC2OC(=O)C3OC23C(O)C2C(C)(O)C=CC(OC(C)=O)C12C. The maximum Gasteiger partial charge on any atom is 0.339 e. The van der Waals surface area contributed by atoms with Crippen LogP contribution in [0.1, 0.15) is 60.3 Å². The van der Waals surface area contributed by atoms with Crippen LogP contribution >= 0.6 is 0 Å². The van der Waals surface area contributed by atoms with Gasteiger partial charge in [-0.15, -0.1) is 0 Å². The van der Waals surface area contributed by atoms with Gasteiger partial charge in [-0.1, -0.05) is 25.5 Å². The second kappa shape index (κ2) is 8.46. The van der Waals surface area contributed by atoms with Crippen molar-refractivity contribution >= 4 is 17.9 Å². The Hall–Kier alpha value is -2.23. The summed E-state index contributed by atoms with van der Waals surface area (Å²) in [7, 11) is 0. The number of allylic oxidation sites excluding steroid dienone is 1. The number of carbonyl (C=O) groups excluding carboxylic acids is 3. The van der Waals surface area contributed by atoms with Crippen LogP contribution in [-0.4, -0.2) is 69.8 Å². The van der Waals surface area contributed by atoms with E-state index in [9.17, 15) is 24.6 Å². The molecule has 188 valence electrons. The highest BCUT2D eigenvalue weighted by atomic mass is 16.7. The number of aliphatic hydroxyl groups excluding tert-OH is 1. The van der Waals surface area contributed by atoms with Crippen LogP contribution in [0.5, 0.6) is 0 Å². The molecule has 2 N–H and O–H groups in total. The second-order valence-corrected chi connectivity index (χ2v) is 10.4. The van der Waals surface area contributed by atoms with Gasteiger partial charge in [0, 0.05) is 19.3 Å². The highest BCUT2D eigenvalue weighted by molar-refractivity contribution is 5.84. The average Bonchev–Trinajstić information content (AvgIpc) is 3.43. The molecule has 1 spiro atoms. The fourth-order valence-electron chi connectivity index (χ4n) is 6.12. The summed E-state index contributed by atoms with van der Waals surface area (Å²) in [4.78, 5) is 37.1. The number of ether oxygens (including phenoxy) is 4. The Morgan fingerprint density at radius 1 is 1.26 bits per heavy atom. The van der Waals surface area contributed by atoms with Gasteiger partial charge in [0.1, 0.15) is 12.2 Å². The molecule has 0 saturated carbocycles. The van der Waals surface area contributed by atoms with E-state index in [4.69, 9.17) is 18.9 Å². The van der Waals surface area contributed by atoms with Crippen molar-refractivity contribution in [1.29, 1.82) is 0 Å². The Morgan fingerprint density at radius 2 is 1.97 bits per heavy atom. The van der Waals surface area contributed by atoms with Crippen LogP contribution in [0.25, 0.3) is 0 Å². The van der Waals surface area contributed by atoms with Crippen LogP contribution < -0.4 is 0 Å². The van der Waals surface area contributed by atoms with Gasteiger partial charge < -0.3 is 29.2 Å². The van der Waals surface area contributed by atoms with Gasteiger partial charge in [0.05, 0.1) is 17.1 Å². The molecule has 0 aromatic heterocycles. The van der Waals surface area contributed by atoms with E-state index >= 15 is 0 Å². The van der Waals surface area contributed by atoms with Gasteiger partial charge in [0.25, 0.3) is 0 Å². The summed E-state index contributed by atoms with van der Waals surface area (Å²) in [6, 6.07) is 0. The van der Waals surface area contributed by atoms with Gasteiger partial charge in [0.15, 0.2) is 17.8 Å². The molecule has 9 unspecified atom stereocenters. The number of epoxide rings is 1. The number of aliphatic hydroxyl groups is 2. The molecule has 0 radical (unpaired) electrons. The Labute approximate surface area is 199 Å². The fraction of sp³-hybridized carbons (Fsp3) is 0.720. The topological polar surface area (TPSA) is 132 Å². The van der Waals surface area contributed by atoms with E-state index in [0.717, 1.165) is 5.57 Å². The van der Waals surface area contributed by atoms with E-state index in [1.165, 1.54) is 19.9 Å². The van der Waals surface area contributed by atoms with Crippen LogP contribution in [0.2, 0.25) is 0 Å². The van der Waals surface area contributed by atoms with Crippen LogP contribution in [0, 0.1) is 11.3 Å². The average molecular weight is 479 g/mol. The minimum absolute atomic E-state index is 0.207. The molecule has 0 bridgehead atoms. The number of hydrogen-bond donors (Lipinski definition) is 2. The maximum atomic E-state index is 12.7. The zero-order chi connectivity index (χ0) is 25.1. The number of carbonyl (C=O) groups is 3. The first kappa shape index (κ1) is 24.9. The lowest BCUT2D eigenvalue weighted by Gasteiger charge is -2.55. The van der Waals surface area contributed by atoms with E-state index < -0.39 is 71.0 Å². The lowest BCUT2D eigenvalue weighted by atomic mass is 9.55. The van der Waals surface area contributed by atoms with Gasteiger partial charge in [-0.25, -0.2) is 4.79 Å². The van der Waals surface area contributed by atoms with Crippen molar-refractivity contribution in [2.75, 3.05) is 0 Å². The molecule has 2 fully saturated rings. The minimum Gasteiger partial charge on any atom is -0.462 e. The van der Waals surface area contributed by atoms with Gasteiger partial charge in [0.2, 0.25) is 0 Å². The molecule has 2 aliphatic heterocycles. The molecule has 0 aromatic carbocycles. The quantitative estimate of drug-likeness (QED) is 0.268. The highest BCUT2D eigenvalue weighted by Gasteiger charge is 2.79. The molecule has 0 aromatic rings. The number of esters is 3. The zero-order valence-electron chi connectivity index (χ0n) is 20.3. The third-order valence-corrected chi connectivity index (χ3v) is 7.83. The maximum absolute atomic E-state index is 12.7. The van der Waals surface area contributed by atoms with Gasteiger partial charge in [-0.3, -0.25) is 9.59 Å². The molecule has 4 aliphatic rings. The summed E-state index contributed by atoms with van der Waals surface area (Å²) in [5.41, 5.74) is -3.35. The molecule has 9 nitrogen and oxygen atoms in total. The van der Waals surface area contributed by atoms with Gasteiger partial charge in [-0.2, -0.15) is 0 Å². The van der Waals surface area contributed by atoms with E-state index in [1.807, 2.05) is 13.8 Å². The van der Waals surface area contributed by atoms with E-state index in [1.54, 1.807) is 19.1 Å². The predicted octanol–water partition coefficient (Wildman–Crippen LogP) is 1.74. The number of hydrogen-bond acceptors (Lipinski definition) is 9. The van der Waals surface area contributed by atoms with Crippen molar-refractivity contribution in [3.05, 3.63) is 23.8 Å². The normalized spacial score (nSPS) is 45.1. The monoisotopic (exact) mass is 478 g/mol. The molecule has 2 heterocycles. The molecular weight excluding hydrogens is 444 g/mol. The second-order valence-electron chi connectivity index (χ2n) is 10.4. The van der Waals surface area contributed by atoms with Gasteiger partial charge in [-0.05, 0) is 45.3 Å². The van der Waals surface area contributed by atoms with Crippen molar-refractivity contribution in [2.24, 2.45) is 11.3 Å². The Balaban J connectivity index is 1.88. The number of fused-ring (bicyclic) bond motifs is 1. The minimum atomic E-state index is -1.60. The lowest BCUT2D eigenvalue weighted by Crippen LogP contribution is -2.66. The summed E-state index contributed by atoms with van der Waals surface area (Å²) < 4.78 is 22.9. The summed E-state index contributed by atoms with van der Waals surface area (Å²) in [6.07, 6.45) is 1.59. The molecule has 2 saturated heterocycles. The smallest absolute Gasteiger partial charge is 0.339 e. The van der Waals surface area contributed by atoms with E-state index in [2.05, 4.69) is 0 Å². The van der Waals surface area contributed by atoms with Crippen molar-refractivity contribution in [3.8, 4) is 0 Å². The molecule has 4 rings (SSSR count). The van der Waals surface area contributed by atoms with Crippen molar-refractivity contribution in [1.82, 2.24) is 0 Å². The van der Waals surface area contributed by atoms with Crippen LogP contribution in [0.15, 0.2) is 23.8 Å². The molecular formula is C25H34O9. The van der Waals surface area contributed by atoms with Crippen molar-refractivity contribution in [3.63, 3.8) is 0 Å². The fourth-order valence-corrected chi connectivity index (χ4v) is 6.12. The van der Waals surface area contributed by atoms with Gasteiger partial charge >= 0.3 is 17.9 Å². The predicted molar refractivity (Wildman–Crippen MR) is 118 cm³/mol. The largest absolute Gasteiger partial charge is 0.462 e. The zero-order valence-corrected chi connectivity index (χ0v) is 20.3. The van der Waals surface area contributed by atoms with Crippen molar-refractivity contribution in [2.45, 2.75) is 102 Å². The first-order valence-electron chi connectivity index (χ1n) is 11.9. The third kappa shape index (κ3) is 3.78. The summed E-state index contributed by atoms with van der Waals surface area (Å²) in [6.45, 7) is 8.30. The third-order valence-electron chi connectivity index (χ3n) is 7.83. The van der Waals surface area contributed by atoms with E-state index in [-0.39, 0.29) is 6.42 Å². The summed E-state index contributed by atoms with van der Waals surface area (Å²) in [5, 5.41) is 23.4. The first-order chi connectivity index (χ1) is 15.9. The van der Waals surface area contributed by atoms with Crippen LogP contribution in [-0.2, 0) is 33.3 Å². The lowest BCUT2D eigenvalue weighted by molar-refractivity contribution is -0.213. The highest BCUT2D eigenvalue weighted by Crippen LogP contribution is 2.59. The standard InChI is InChI=1S/C25H34O9/c1-6-7-18(27)32-15-9-8-13(2)12-17-25(21(34-25)22(29)33-17)20(28)19-23(4,30)11-10-16(24(15,19)5)31-14(3)26/h10-12,15-17,19-21,28,30H,6-9H2,1-5H3. The summed E-state index contributed by atoms with van der Waals surface area (Å²) in [5.74, 6) is -2.55. The molecule has 2 aliphatic carbocycles. The first-order valence-corrected chi connectivity index (χ1v) is 11.9. The molecule has 0 amide bonds. The number of rotatable bonds is 4. The summed E-state index contributed by atoms with van der Waals surface area (Å²) >= 11 is 0. The molecule has 34 heavy (non-hydrogen) atoms. The van der Waals surface area contributed by atoms with Crippen LogP contribution in [0.4, 0.5) is 0 Å². The van der Waals surface area contributed by atoms with Crippen molar-refractivity contribution < 1.29 is 43.5 Å². The Bertz CT molecular complexity index is 937. The van der Waals surface area contributed by atoms with E-state index in [0.29, 0.717) is 19.3 Å². The Kier molecular flexibility index (Phi) is 6.19.